The van der Waals surface area contributed by atoms with E-state index in [0.717, 1.165) is 39.3 Å². The van der Waals surface area contributed by atoms with Gasteiger partial charge in [0.2, 0.25) is 5.90 Å². The molecule has 0 atom stereocenters. The fourth-order valence-electron chi connectivity index (χ4n) is 6.70. The topological polar surface area (TPSA) is 95.3 Å². The summed E-state index contributed by atoms with van der Waals surface area (Å²) >= 11 is 0. The van der Waals surface area contributed by atoms with E-state index in [-0.39, 0.29) is 23.6 Å². The fourth-order valence-corrected chi connectivity index (χ4v) is 6.70. The minimum Gasteiger partial charge on any atom is -0.443 e. The predicted octanol–water partition coefficient (Wildman–Crippen LogP) is 12.6. The van der Waals surface area contributed by atoms with Crippen molar-refractivity contribution in [3.63, 3.8) is 0 Å². The van der Waals surface area contributed by atoms with Gasteiger partial charge in [-0.15, -0.1) is 0 Å². The Kier molecular flexibility index (Phi) is 12.7. The van der Waals surface area contributed by atoms with E-state index in [9.17, 15) is 4.79 Å². The first-order valence-corrected chi connectivity index (χ1v) is 18.6. The molecule has 0 heterocycles. The van der Waals surface area contributed by atoms with Crippen molar-refractivity contribution in [3.05, 3.63) is 115 Å². The molecule has 0 saturated heterocycles. The van der Waals surface area contributed by atoms with Gasteiger partial charge in [-0.2, -0.15) is 0 Å². The van der Waals surface area contributed by atoms with Crippen molar-refractivity contribution in [2.45, 2.75) is 85.5 Å². The Labute approximate surface area is 310 Å². The maximum Gasteiger partial charge on any atom is 0.250 e. The van der Waals surface area contributed by atoms with Crippen molar-refractivity contribution < 1.29 is 14.3 Å². The first-order valence-electron chi connectivity index (χ1n) is 18.6. The maximum atomic E-state index is 12.8. The summed E-state index contributed by atoms with van der Waals surface area (Å²) in [6, 6.07) is 29.0. The lowest BCUT2D eigenvalue weighted by Crippen LogP contribution is -2.15. The lowest BCUT2D eigenvalue weighted by molar-refractivity contribution is -0.112. The van der Waals surface area contributed by atoms with E-state index in [2.05, 4.69) is 67.9 Å². The molecule has 1 fully saturated rings. The van der Waals surface area contributed by atoms with Gasteiger partial charge in [-0.25, -0.2) is 0 Å². The molecule has 270 valence electrons. The predicted molar refractivity (Wildman–Crippen MR) is 217 cm³/mol. The van der Waals surface area contributed by atoms with Crippen molar-refractivity contribution in [3.8, 4) is 44.9 Å². The van der Waals surface area contributed by atoms with E-state index in [1.54, 1.807) is 19.9 Å². The number of nitrogens with one attached hydrogen (secondary N) is 3. The number of rotatable bonds is 13. The van der Waals surface area contributed by atoms with Crippen molar-refractivity contribution in [1.82, 2.24) is 0 Å². The molecule has 3 N–H and O–H groups in total. The Morgan fingerprint density at radius 1 is 0.769 bits per heavy atom. The standard InChI is InChI=1S/C46H53N3O3/c1-8-9-10-32-11-13-33(14-12-32)34-15-17-36(18-16-34)41-27-37(35-19-23-39(24-20-35)51-44(47)29(2)3)21-25-40(41)38-22-26-43(52-45(48)30(4)5)42(28-38)49-46(50)31(6)7/h15-29,32-33,47-48H,4,6,8-14H2,1-3,5,7H3,(H,49,50). The average Bonchev–Trinajstić information content (AvgIpc) is 3.14. The molecule has 1 aliphatic carbocycles. The molecule has 0 unspecified atom stereocenters. The van der Waals surface area contributed by atoms with Crippen LogP contribution in [0.1, 0.15) is 91.0 Å². The van der Waals surface area contributed by atoms with E-state index in [4.69, 9.17) is 20.3 Å². The van der Waals surface area contributed by atoms with Crippen molar-refractivity contribution in [2.75, 3.05) is 5.32 Å². The highest BCUT2D eigenvalue weighted by molar-refractivity contribution is 6.05. The van der Waals surface area contributed by atoms with Crippen molar-refractivity contribution in [2.24, 2.45) is 11.8 Å². The van der Waals surface area contributed by atoms with Crippen LogP contribution in [0.25, 0.3) is 33.4 Å². The van der Waals surface area contributed by atoms with Crippen LogP contribution in [0.15, 0.2) is 109 Å². The molecular formula is C46H53N3O3. The van der Waals surface area contributed by atoms with Crippen LogP contribution in [-0.2, 0) is 4.79 Å². The number of ether oxygens (including phenoxy) is 2. The van der Waals surface area contributed by atoms with Crippen LogP contribution in [0.5, 0.6) is 11.5 Å². The third kappa shape index (κ3) is 9.55. The third-order valence-corrected chi connectivity index (χ3v) is 9.99. The van der Waals surface area contributed by atoms with Gasteiger partial charge in [0.05, 0.1) is 5.69 Å². The summed E-state index contributed by atoms with van der Waals surface area (Å²) in [5, 5.41) is 19.3. The summed E-state index contributed by atoms with van der Waals surface area (Å²) in [6.45, 7) is 17.1. The van der Waals surface area contributed by atoms with Gasteiger partial charge in [0.1, 0.15) is 5.75 Å². The Bertz CT molecular complexity index is 1930. The minimum atomic E-state index is -0.328. The van der Waals surface area contributed by atoms with Gasteiger partial charge in [-0.3, -0.25) is 15.6 Å². The molecule has 1 aliphatic rings. The molecule has 1 saturated carbocycles. The van der Waals surface area contributed by atoms with Crippen molar-refractivity contribution in [1.29, 1.82) is 10.8 Å². The van der Waals surface area contributed by atoms with Gasteiger partial charge in [0.25, 0.3) is 5.91 Å². The molecule has 52 heavy (non-hydrogen) atoms. The number of carbonyl (C=O) groups is 1. The number of carbonyl (C=O) groups excluding carboxylic acids is 1. The molecule has 0 radical (unpaired) electrons. The number of unbranched alkanes of at least 4 members (excludes halogenated alkanes) is 1. The van der Waals surface area contributed by atoms with Crippen LogP contribution in [-0.4, -0.2) is 17.7 Å². The molecule has 0 bridgehead atoms. The van der Waals surface area contributed by atoms with Gasteiger partial charge >= 0.3 is 0 Å². The van der Waals surface area contributed by atoms with E-state index < -0.39 is 0 Å². The van der Waals surface area contributed by atoms with Gasteiger partial charge < -0.3 is 14.8 Å². The Morgan fingerprint density at radius 2 is 1.40 bits per heavy atom. The number of anilines is 1. The molecule has 1 amide bonds. The summed E-state index contributed by atoms with van der Waals surface area (Å²) in [7, 11) is 0. The Morgan fingerprint density at radius 3 is 2.02 bits per heavy atom. The van der Waals surface area contributed by atoms with Crippen LogP contribution in [0.4, 0.5) is 5.69 Å². The zero-order valence-corrected chi connectivity index (χ0v) is 31.4. The van der Waals surface area contributed by atoms with Crippen LogP contribution >= 0.6 is 0 Å². The lowest BCUT2D eigenvalue weighted by atomic mass is 9.77. The largest absolute Gasteiger partial charge is 0.443 e. The molecule has 6 heteroatoms. The normalized spacial score (nSPS) is 15.5. The van der Waals surface area contributed by atoms with Crippen LogP contribution < -0.4 is 14.8 Å². The summed E-state index contributed by atoms with van der Waals surface area (Å²) in [5.74, 6) is 2.31. The highest BCUT2D eigenvalue weighted by Gasteiger charge is 2.22. The molecule has 5 rings (SSSR count). The molecule has 0 aliphatic heterocycles. The Balaban J connectivity index is 1.53. The number of benzene rings is 4. The smallest absolute Gasteiger partial charge is 0.250 e. The van der Waals surface area contributed by atoms with E-state index in [1.165, 1.54) is 50.5 Å². The van der Waals surface area contributed by atoms with E-state index >= 15 is 0 Å². The molecule has 4 aromatic rings. The van der Waals surface area contributed by atoms with Gasteiger partial charge in [0, 0.05) is 17.1 Å². The number of hydrogen-bond acceptors (Lipinski definition) is 5. The number of amides is 1. The highest BCUT2D eigenvalue weighted by Crippen LogP contribution is 2.41. The van der Waals surface area contributed by atoms with Gasteiger partial charge in [-0.05, 0) is 121 Å². The average molecular weight is 696 g/mol. The molecule has 4 aromatic carbocycles. The maximum absolute atomic E-state index is 12.8. The zero-order chi connectivity index (χ0) is 37.4. The third-order valence-electron chi connectivity index (χ3n) is 9.99. The molecule has 0 spiro atoms. The highest BCUT2D eigenvalue weighted by atomic mass is 16.5. The van der Waals surface area contributed by atoms with Crippen LogP contribution in [0.3, 0.4) is 0 Å². The summed E-state index contributed by atoms with van der Waals surface area (Å²) in [5.41, 5.74) is 8.79. The SMILES string of the molecule is C=C(C)C(=N)Oc1ccc(-c2ccc(-c3ccc(OC(=N)C(C)C)cc3)cc2-c2ccc(C3CCC(CCCC)CC3)cc2)cc1NC(=O)C(=C)C. The van der Waals surface area contributed by atoms with E-state index in [1.807, 2.05) is 50.2 Å². The molecule has 6 nitrogen and oxygen atoms in total. The lowest BCUT2D eigenvalue weighted by Gasteiger charge is -2.29. The van der Waals surface area contributed by atoms with E-state index in [0.29, 0.717) is 34.3 Å². The van der Waals surface area contributed by atoms with Crippen molar-refractivity contribution >= 4 is 23.4 Å². The second-order valence-electron chi connectivity index (χ2n) is 14.5. The Hall–Kier alpha value is -5.23. The zero-order valence-electron chi connectivity index (χ0n) is 31.4. The first kappa shape index (κ1) is 38.0. The van der Waals surface area contributed by atoms with Crippen LogP contribution in [0, 0.1) is 22.7 Å². The quantitative estimate of drug-likeness (QED) is 0.0738. The molecular weight excluding hydrogens is 643 g/mol. The minimum absolute atomic E-state index is 0.00973. The van der Waals surface area contributed by atoms with Crippen LogP contribution in [0.2, 0.25) is 0 Å². The fraction of sp³-hybridized carbons (Fsp3) is 0.326. The first-order chi connectivity index (χ1) is 24.9. The second-order valence-corrected chi connectivity index (χ2v) is 14.5. The van der Waals surface area contributed by atoms with Gasteiger partial charge in [0.15, 0.2) is 11.6 Å². The summed E-state index contributed by atoms with van der Waals surface area (Å²) in [6.07, 6.45) is 9.11. The summed E-state index contributed by atoms with van der Waals surface area (Å²) in [4.78, 5) is 12.8. The monoisotopic (exact) mass is 695 g/mol. The molecule has 0 aromatic heterocycles. The van der Waals surface area contributed by atoms with Gasteiger partial charge in [-0.1, -0.05) is 108 Å². The summed E-state index contributed by atoms with van der Waals surface area (Å²) < 4.78 is 11.6. The number of hydrogen-bond donors (Lipinski definition) is 3. The second kappa shape index (κ2) is 17.3.